The lowest BCUT2D eigenvalue weighted by atomic mass is 10.0. The molecule has 7 rings (SSSR count). The van der Waals surface area contributed by atoms with Gasteiger partial charge in [0, 0.05) is 10.9 Å². The topological polar surface area (TPSA) is 107 Å². The first-order chi connectivity index (χ1) is 21.4. The molecule has 4 aromatic carbocycles. The molecule has 44 heavy (non-hydrogen) atoms. The van der Waals surface area contributed by atoms with Crippen LogP contribution in [0.1, 0.15) is 21.7 Å². The van der Waals surface area contributed by atoms with Crippen LogP contribution in [0.4, 0.5) is 5.69 Å². The molecule has 0 atom stereocenters. The van der Waals surface area contributed by atoms with Crippen molar-refractivity contribution in [2.45, 2.75) is 0 Å². The number of carbonyl (C=O) groups is 3. The van der Waals surface area contributed by atoms with Crippen LogP contribution >= 0.6 is 12.2 Å². The van der Waals surface area contributed by atoms with E-state index in [1.165, 1.54) is 11.0 Å². The van der Waals surface area contributed by atoms with Gasteiger partial charge in [-0.05, 0) is 96.7 Å². The highest BCUT2D eigenvalue weighted by atomic mass is 32.1. The summed E-state index contributed by atoms with van der Waals surface area (Å²) < 4.78 is 22.8. The zero-order valence-corrected chi connectivity index (χ0v) is 23.8. The normalized spacial score (nSPS) is 15.4. The third-order valence-corrected chi connectivity index (χ3v) is 7.34. The van der Waals surface area contributed by atoms with Crippen molar-refractivity contribution < 1.29 is 33.0 Å². The minimum atomic E-state index is -0.609. The van der Waals surface area contributed by atoms with Crippen molar-refractivity contribution in [2.24, 2.45) is 0 Å². The number of para-hydroxylation sites is 1. The Balaban J connectivity index is 1.13. The number of hydrogen-bond acceptors (Lipinski definition) is 8. The molecule has 2 aliphatic heterocycles. The number of hydrogen-bond donors (Lipinski definition) is 1. The average Bonchev–Trinajstić information content (AvgIpc) is 3.47. The summed E-state index contributed by atoms with van der Waals surface area (Å²) in [6, 6.07) is 27.9. The summed E-state index contributed by atoms with van der Waals surface area (Å²) in [7, 11) is 0. The fourth-order valence-corrected chi connectivity index (χ4v) is 5.22. The van der Waals surface area contributed by atoms with Crippen LogP contribution < -0.4 is 24.4 Å². The molecule has 0 saturated carbocycles. The number of furan rings is 1. The molecule has 0 radical (unpaired) electrons. The molecule has 0 bridgehead atoms. The van der Waals surface area contributed by atoms with Crippen molar-refractivity contribution in [1.29, 1.82) is 0 Å². The van der Waals surface area contributed by atoms with E-state index in [9.17, 15) is 14.4 Å². The van der Waals surface area contributed by atoms with Crippen LogP contribution in [0.15, 0.2) is 107 Å². The van der Waals surface area contributed by atoms with Gasteiger partial charge in [-0.2, -0.15) is 0 Å². The van der Waals surface area contributed by atoms with Crippen LogP contribution in [0.5, 0.6) is 23.0 Å². The number of rotatable bonds is 6. The van der Waals surface area contributed by atoms with Crippen molar-refractivity contribution in [2.75, 3.05) is 18.1 Å². The lowest BCUT2D eigenvalue weighted by Crippen LogP contribution is -2.54. The highest BCUT2D eigenvalue weighted by Gasteiger charge is 2.34. The van der Waals surface area contributed by atoms with Crippen LogP contribution in [-0.2, 0) is 9.59 Å². The largest absolute Gasteiger partial charge is 0.486 e. The molecule has 2 aliphatic rings. The van der Waals surface area contributed by atoms with Gasteiger partial charge in [0.15, 0.2) is 22.4 Å². The number of ether oxygens (including phenoxy) is 3. The van der Waals surface area contributed by atoms with Gasteiger partial charge in [-0.1, -0.05) is 24.3 Å². The molecule has 0 spiro atoms. The monoisotopic (exact) mass is 602 g/mol. The molecule has 0 aliphatic carbocycles. The molecule has 1 aromatic heterocycles. The number of nitrogens with one attached hydrogen (secondary N) is 1. The molecule has 10 heteroatoms. The number of thiocarbonyl (C=S) groups is 1. The Morgan fingerprint density at radius 3 is 2.39 bits per heavy atom. The van der Waals surface area contributed by atoms with Gasteiger partial charge in [-0.25, -0.2) is 0 Å². The van der Waals surface area contributed by atoms with Crippen molar-refractivity contribution >= 4 is 57.7 Å². The second-order valence-electron chi connectivity index (χ2n) is 9.96. The summed E-state index contributed by atoms with van der Waals surface area (Å²) in [5.74, 6) is 0.997. The van der Waals surface area contributed by atoms with Gasteiger partial charge in [0.25, 0.3) is 11.8 Å². The maximum absolute atomic E-state index is 13.5. The zero-order chi connectivity index (χ0) is 30.2. The molecule has 0 unspecified atom stereocenters. The first kappa shape index (κ1) is 27.1. The molecule has 1 fully saturated rings. The third-order valence-electron chi connectivity index (χ3n) is 7.06. The van der Waals surface area contributed by atoms with Crippen molar-refractivity contribution in [3.8, 4) is 23.0 Å². The summed E-state index contributed by atoms with van der Waals surface area (Å²) in [5, 5.41) is 3.20. The van der Waals surface area contributed by atoms with E-state index in [2.05, 4.69) is 5.32 Å². The van der Waals surface area contributed by atoms with E-state index in [0.29, 0.717) is 64.0 Å². The van der Waals surface area contributed by atoms with E-state index in [1.54, 1.807) is 66.7 Å². The number of amides is 2. The summed E-state index contributed by atoms with van der Waals surface area (Å²) in [5.41, 5.74) is 1.82. The fourth-order valence-electron chi connectivity index (χ4n) is 4.94. The molecule has 1 saturated heterocycles. The molecule has 216 valence electrons. The Labute approximate surface area is 256 Å². The number of nitrogens with zero attached hydrogens (tertiary/aromatic N) is 1. The highest BCUT2D eigenvalue weighted by molar-refractivity contribution is 7.80. The van der Waals surface area contributed by atoms with Crippen LogP contribution in [0.25, 0.3) is 17.0 Å². The number of benzene rings is 4. The van der Waals surface area contributed by atoms with Gasteiger partial charge in [-0.3, -0.25) is 24.6 Å². The molecule has 5 aromatic rings. The van der Waals surface area contributed by atoms with Crippen LogP contribution in [-0.4, -0.2) is 35.9 Å². The standard InChI is InChI=1S/C34H22N2O7S/c37-31(21-7-13-28-29(18-21)41-15-14-40-28)30-19-22-16-20(6-12-27(22)43-30)17-26-32(38)35-34(44)36(33(26)39)23-8-10-25(11-9-23)42-24-4-2-1-3-5-24/h1-13,16-19H,14-15H2,(H,35,38,44)/b26-17-. The fraction of sp³-hybridized carbons (Fsp3) is 0.0588. The Kier molecular flexibility index (Phi) is 6.88. The van der Waals surface area contributed by atoms with Gasteiger partial charge in [0.2, 0.25) is 5.78 Å². The smallest absolute Gasteiger partial charge is 0.270 e. The minimum Gasteiger partial charge on any atom is -0.486 e. The van der Waals surface area contributed by atoms with Gasteiger partial charge in [0.05, 0.1) is 5.69 Å². The van der Waals surface area contributed by atoms with E-state index >= 15 is 0 Å². The summed E-state index contributed by atoms with van der Waals surface area (Å²) in [4.78, 5) is 40.8. The summed E-state index contributed by atoms with van der Waals surface area (Å²) >= 11 is 5.34. The second kappa shape index (κ2) is 11.2. The Morgan fingerprint density at radius 2 is 1.59 bits per heavy atom. The maximum atomic E-state index is 13.5. The van der Waals surface area contributed by atoms with Crippen molar-refractivity contribution in [3.05, 3.63) is 120 Å². The van der Waals surface area contributed by atoms with Gasteiger partial charge in [0.1, 0.15) is 35.9 Å². The average molecular weight is 603 g/mol. The second-order valence-corrected chi connectivity index (χ2v) is 10.3. The van der Waals surface area contributed by atoms with E-state index in [1.807, 2.05) is 30.3 Å². The molecule has 3 heterocycles. The summed E-state index contributed by atoms with van der Waals surface area (Å²) in [6.07, 6.45) is 1.48. The quantitative estimate of drug-likeness (QED) is 0.108. The van der Waals surface area contributed by atoms with Crippen molar-refractivity contribution in [3.63, 3.8) is 0 Å². The molecule has 9 nitrogen and oxygen atoms in total. The lowest BCUT2D eigenvalue weighted by Gasteiger charge is -2.29. The highest BCUT2D eigenvalue weighted by Crippen LogP contribution is 2.33. The van der Waals surface area contributed by atoms with Crippen LogP contribution in [0.3, 0.4) is 0 Å². The van der Waals surface area contributed by atoms with Gasteiger partial charge in [-0.15, -0.1) is 0 Å². The van der Waals surface area contributed by atoms with Gasteiger partial charge >= 0.3 is 0 Å². The Bertz CT molecular complexity index is 2000. The SMILES string of the molecule is O=C1NC(=S)N(c2ccc(Oc3ccccc3)cc2)C(=O)/C1=C\c1ccc2oc(C(=O)c3ccc4c(c3)OCCO4)cc2c1. The number of fused-ring (bicyclic) bond motifs is 2. The third kappa shape index (κ3) is 5.18. The minimum absolute atomic E-state index is 0.0264. The van der Waals surface area contributed by atoms with Crippen molar-refractivity contribution in [1.82, 2.24) is 5.32 Å². The van der Waals surface area contributed by atoms with Crippen LogP contribution in [0, 0.1) is 0 Å². The predicted octanol–water partition coefficient (Wildman–Crippen LogP) is 6.06. The first-order valence-electron chi connectivity index (χ1n) is 13.7. The maximum Gasteiger partial charge on any atom is 0.270 e. The molecular formula is C34H22N2O7S. The first-order valence-corrected chi connectivity index (χ1v) is 14.1. The van der Waals surface area contributed by atoms with Gasteiger partial charge < -0.3 is 18.6 Å². The van der Waals surface area contributed by atoms with E-state index < -0.39 is 11.8 Å². The zero-order valence-electron chi connectivity index (χ0n) is 22.9. The molecular weight excluding hydrogens is 580 g/mol. The lowest BCUT2D eigenvalue weighted by molar-refractivity contribution is -0.122. The molecule has 1 N–H and O–H groups in total. The molecule has 2 amide bonds. The number of carbonyl (C=O) groups excluding carboxylic acids is 3. The Hall–Kier alpha value is -5.74. The van der Waals surface area contributed by atoms with E-state index in [4.69, 9.17) is 30.8 Å². The van der Waals surface area contributed by atoms with E-state index in [-0.39, 0.29) is 22.2 Å². The van der Waals surface area contributed by atoms with E-state index in [0.717, 1.165) is 0 Å². The predicted molar refractivity (Wildman–Crippen MR) is 166 cm³/mol. The summed E-state index contributed by atoms with van der Waals surface area (Å²) in [6.45, 7) is 0.867. The number of ketones is 1. The Morgan fingerprint density at radius 1 is 0.841 bits per heavy atom. The number of anilines is 1. The van der Waals surface area contributed by atoms with Crippen LogP contribution in [0.2, 0.25) is 0 Å².